The Morgan fingerprint density at radius 3 is 2.47 bits per heavy atom. The lowest BCUT2D eigenvalue weighted by Gasteiger charge is -2.17. The predicted octanol–water partition coefficient (Wildman–Crippen LogP) is 2.61. The molecule has 0 aliphatic carbocycles. The molecule has 17 heavy (non-hydrogen) atoms. The predicted molar refractivity (Wildman–Crippen MR) is 70.6 cm³/mol. The number of hydrogen-bond donors (Lipinski definition) is 2. The molecule has 0 saturated carbocycles. The minimum Gasteiger partial charge on any atom is -0.313 e. The molecule has 1 unspecified atom stereocenters. The van der Waals surface area contributed by atoms with Gasteiger partial charge in [-0.3, -0.25) is 0 Å². The Hall–Kier alpha value is -0.930. The molecule has 1 aromatic rings. The largest absolute Gasteiger partial charge is 0.313 e. The van der Waals surface area contributed by atoms with E-state index >= 15 is 0 Å². The van der Waals surface area contributed by atoms with Crippen molar-refractivity contribution >= 4 is 0 Å². The molecule has 1 aromatic carbocycles. The van der Waals surface area contributed by atoms with Crippen LogP contribution in [0.3, 0.4) is 0 Å². The van der Waals surface area contributed by atoms with E-state index in [1.807, 2.05) is 13.0 Å². The third kappa shape index (κ3) is 5.29. The van der Waals surface area contributed by atoms with Crippen LogP contribution in [0.25, 0.3) is 0 Å². The van der Waals surface area contributed by atoms with Gasteiger partial charge < -0.3 is 10.6 Å². The van der Waals surface area contributed by atoms with Gasteiger partial charge in [0.1, 0.15) is 5.82 Å². The zero-order valence-electron chi connectivity index (χ0n) is 11.2. The van der Waals surface area contributed by atoms with Crippen molar-refractivity contribution in [3.8, 4) is 0 Å². The number of aryl methyl sites for hydroxylation is 1. The van der Waals surface area contributed by atoms with Crippen LogP contribution in [-0.4, -0.2) is 18.6 Å². The summed E-state index contributed by atoms with van der Waals surface area (Å²) in [6, 6.07) is 5.85. The zero-order chi connectivity index (χ0) is 12.8. The highest BCUT2D eigenvalue weighted by Gasteiger charge is 2.04. The average Bonchev–Trinajstić information content (AvgIpc) is 2.25. The zero-order valence-corrected chi connectivity index (χ0v) is 11.2. The molecule has 2 N–H and O–H groups in total. The summed E-state index contributed by atoms with van der Waals surface area (Å²) in [7, 11) is 0. The second-order valence-electron chi connectivity index (χ2n) is 4.92. The smallest absolute Gasteiger partial charge is 0.123 e. The topological polar surface area (TPSA) is 24.1 Å². The molecule has 0 aromatic heterocycles. The summed E-state index contributed by atoms with van der Waals surface area (Å²) in [5.74, 6) is -0.166. The number of hydrogen-bond acceptors (Lipinski definition) is 2. The van der Waals surface area contributed by atoms with E-state index in [4.69, 9.17) is 0 Å². The Bertz CT molecular complexity index is 350. The minimum atomic E-state index is -0.166. The van der Waals surface area contributed by atoms with Crippen LogP contribution in [0.5, 0.6) is 0 Å². The van der Waals surface area contributed by atoms with Crippen molar-refractivity contribution in [2.75, 3.05) is 6.54 Å². The van der Waals surface area contributed by atoms with Crippen molar-refractivity contribution in [1.82, 2.24) is 10.6 Å². The summed E-state index contributed by atoms with van der Waals surface area (Å²) < 4.78 is 12.9. The number of nitrogens with one attached hydrogen (secondary N) is 2. The number of rotatable bonds is 6. The molecule has 0 aliphatic rings. The van der Waals surface area contributed by atoms with Gasteiger partial charge in [-0.2, -0.15) is 0 Å². The van der Waals surface area contributed by atoms with Crippen molar-refractivity contribution in [2.45, 2.75) is 46.3 Å². The van der Waals surface area contributed by atoms with Gasteiger partial charge in [-0.1, -0.05) is 19.9 Å². The Morgan fingerprint density at radius 2 is 1.88 bits per heavy atom. The van der Waals surface area contributed by atoms with Crippen LogP contribution in [0.4, 0.5) is 4.39 Å². The van der Waals surface area contributed by atoms with Gasteiger partial charge in [0.15, 0.2) is 0 Å². The Kier molecular flexibility index (Phi) is 5.59. The van der Waals surface area contributed by atoms with Gasteiger partial charge in [0.25, 0.3) is 0 Å². The highest BCUT2D eigenvalue weighted by Crippen LogP contribution is 2.09. The van der Waals surface area contributed by atoms with E-state index in [9.17, 15) is 4.39 Å². The Morgan fingerprint density at radius 1 is 1.18 bits per heavy atom. The molecule has 96 valence electrons. The highest BCUT2D eigenvalue weighted by molar-refractivity contribution is 5.26. The van der Waals surface area contributed by atoms with E-state index in [-0.39, 0.29) is 5.82 Å². The summed E-state index contributed by atoms with van der Waals surface area (Å²) in [4.78, 5) is 0. The summed E-state index contributed by atoms with van der Waals surface area (Å²) in [6.07, 6.45) is 0. The summed E-state index contributed by atoms with van der Waals surface area (Å²) in [6.45, 7) is 10.1. The minimum absolute atomic E-state index is 0.166. The van der Waals surface area contributed by atoms with Crippen molar-refractivity contribution in [1.29, 1.82) is 0 Å². The molecule has 0 bridgehead atoms. The van der Waals surface area contributed by atoms with Crippen molar-refractivity contribution in [3.05, 3.63) is 35.1 Å². The maximum Gasteiger partial charge on any atom is 0.123 e. The fourth-order valence-corrected chi connectivity index (χ4v) is 1.63. The number of halogens is 1. The van der Waals surface area contributed by atoms with Crippen LogP contribution in [0, 0.1) is 12.7 Å². The quantitative estimate of drug-likeness (QED) is 0.796. The second kappa shape index (κ2) is 6.72. The molecule has 0 spiro atoms. The van der Waals surface area contributed by atoms with Gasteiger partial charge in [-0.15, -0.1) is 0 Å². The molecular formula is C14H23FN2. The van der Waals surface area contributed by atoms with Gasteiger partial charge in [0.2, 0.25) is 0 Å². The van der Waals surface area contributed by atoms with Crippen molar-refractivity contribution in [2.24, 2.45) is 0 Å². The van der Waals surface area contributed by atoms with Gasteiger partial charge in [-0.25, -0.2) is 4.39 Å². The van der Waals surface area contributed by atoms with E-state index in [2.05, 4.69) is 31.4 Å². The van der Waals surface area contributed by atoms with Crippen LogP contribution in [-0.2, 0) is 6.54 Å². The van der Waals surface area contributed by atoms with Crippen molar-refractivity contribution in [3.63, 3.8) is 0 Å². The van der Waals surface area contributed by atoms with Crippen LogP contribution in [0.15, 0.2) is 18.2 Å². The summed E-state index contributed by atoms with van der Waals surface area (Å²) in [5.41, 5.74) is 2.16. The van der Waals surface area contributed by atoms with Crippen LogP contribution < -0.4 is 10.6 Å². The summed E-state index contributed by atoms with van der Waals surface area (Å²) in [5, 5.41) is 6.81. The lowest BCUT2D eigenvalue weighted by atomic mass is 10.1. The first-order chi connectivity index (χ1) is 7.99. The maximum atomic E-state index is 12.9. The van der Waals surface area contributed by atoms with E-state index in [0.29, 0.717) is 12.1 Å². The first-order valence-corrected chi connectivity index (χ1v) is 6.21. The lowest BCUT2D eigenvalue weighted by Crippen LogP contribution is -2.38. The molecule has 1 atom stereocenters. The maximum absolute atomic E-state index is 12.9. The van der Waals surface area contributed by atoms with Crippen LogP contribution in [0.2, 0.25) is 0 Å². The second-order valence-corrected chi connectivity index (χ2v) is 4.92. The average molecular weight is 238 g/mol. The van der Waals surface area contributed by atoms with Gasteiger partial charge in [0.05, 0.1) is 0 Å². The first-order valence-electron chi connectivity index (χ1n) is 6.21. The first kappa shape index (κ1) is 14.1. The standard InChI is InChI=1S/C14H23FN2/c1-10(2)16-8-12(4)17-9-13-5-6-14(15)7-11(13)3/h5-7,10,12,16-17H,8-9H2,1-4H3. The van der Waals surface area contributed by atoms with Crippen LogP contribution >= 0.6 is 0 Å². The Balaban J connectivity index is 2.39. The fraction of sp³-hybridized carbons (Fsp3) is 0.571. The molecule has 3 heteroatoms. The lowest BCUT2D eigenvalue weighted by molar-refractivity contribution is 0.473. The normalized spacial score (nSPS) is 13.1. The number of benzene rings is 1. The van der Waals surface area contributed by atoms with Crippen LogP contribution in [0.1, 0.15) is 31.9 Å². The van der Waals surface area contributed by atoms with Crippen molar-refractivity contribution < 1.29 is 4.39 Å². The molecule has 0 aliphatic heterocycles. The third-order valence-electron chi connectivity index (χ3n) is 2.78. The molecule has 0 radical (unpaired) electrons. The van der Waals surface area contributed by atoms with Gasteiger partial charge >= 0.3 is 0 Å². The molecule has 0 saturated heterocycles. The molecule has 0 heterocycles. The highest BCUT2D eigenvalue weighted by atomic mass is 19.1. The molecule has 0 amide bonds. The van der Waals surface area contributed by atoms with Gasteiger partial charge in [0, 0.05) is 25.2 Å². The molecular weight excluding hydrogens is 215 g/mol. The van der Waals surface area contributed by atoms with Gasteiger partial charge in [-0.05, 0) is 37.1 Å². The van der Waals surface area contributed by atoms with E-state index in [1.54, 1.807) is 6.07 Å². The molecule has 0 fully saturated rings. The molecule has 2 nitrogen and oxygen atoms in total. The fourth-order valence-electron chi connectivity index (χ4n) is 1.63. The molecule has 1 rings (SSSR count). The monoisotopic (exact) mass is 238 g/mol. The SMILES string of the molecule is Cc1cc(F)ccc1CNC(C)CNC(C)C. The Labute approximate surface area is 104 Å². The third-order valence-corrected chi connectivity index (χ3v) is 2.78. The van der Waals surface area contributed by atoms with E-state index < -0.39 is 0 Å². The van der Waals surface area contributed by atoms with E-state index in [1.165, 1.54) is 6.07 Å². The van der Waals surface area contributed by atoms with E-state index in [0.717, 1.165) is 24.2 Å². The summed E-state index contributed by atoms with van der Waals surface area (Å²) >= 11 is 0.